The van der Waals surface area contributed by atoms with E-state index in [2.05, 4.69) is 26.1 Å². The van der Waals surface area contributed by atoms with Crippen LogP contribution in [-0.4, -0.2) is 22.2 Å². The van der Waals surface area contributed by atoms with E-state index in [-0.39, 0.29) is 11.4 Å². The number of methoxy groups -OCH3 is 1. The Balaban J connectivity index is 1.72. The number of hydrogen-bond donors (Lipinski definition) is 0. The minimum absolute atomic E-state index is 0.0686. The van der Waals surface area contributed by atoms with Crippen LogP contribution in [0, 0.1) is 10.1 Å². The van der Waals surface area contributed by atoms with Crippen LogP contribution < -0.4 is 4.74 Å². The molecule has 0 atom stereocenters. The topological polar surface area (TPSA) is 91.3 Å². The molecule has 1 heterocycles. The molecular weight excluding hydrogens is 410 g/mol. The lowest BCUT2D eigenvalue weighted by Gasteiger charge is -2.03. The van der Waals surface area contributed by atoms with Crippen LogP contribution in [0.3, 0.4) is 0 Å². The van der Waals surface area contributed by atoms with Gasteiger partial charge in [0.1, 0.15) is 0 Å². The van der Waals surface area contributed by atoms with E-state index in [1.54, 1.807) is 12.1 Å². The number of halogens is 1. The first-order valence-corrected chi connectivity index (χ1v) is 8.88. The van der Waals surface area contributed by atoms with Gasteiger partial charge in [-0.15, -0.1) is 10.2 Å². The van der Waals surface area contributed by atoms with Crippen molar-refractivity contribution in [3.8, 4) is 17.2 Å². The molecule has 0 N–H and O–H groups in total. The smallest absolute Gasteiger partial charge is 0.311 e. The van der Waals surface area contributed by atoms with Gasteiger partial charge in [0, 0.05) is 21.9 Å². The summed E-state index contributed by atoms with van der Waals surface area (Å²) in [6.07, 6.45) is 0. The summed E-state index contributed by atoms with van der Waals surface area (Å²) >= 11 is 4.71. The predicted octanol–water partition coefficient (Wildman–Crippen LogP) is 4.71. The molecule has 3 rings (SSSR count). The van der Waals surface area contributed by atoms with Crippen molar-refractivity contribution in [3.05, 3.63) is 62.6 Å². The van der Waals surface area contributed by atoms with Gasteiger partial charge < -0.3 is 9.15 Å². The second-order valence-corrected chi connectivity index (χ2v) is 6.78. The van der Waals surface area contributed by atoms with Gasteiger partial charge in [-0.25, -0.2) is 0 Å². The Bertz CT molecular complexity index is 916. The van der Waals surface area contributed by atoms with Gasteiger partial charge in [-0.2, -0.15) is 0 Å². The second kappa shape index (κ2) is 7.66. The van der Waals surface area contributed by atoms with Gasteiger partial charge in [0.2, 0.25) is 5.89 Å². The highest BCUT2D eigenvalue weighted by Crippen LogP contribution is 2.31. The number of aromatic nitrogens is 2. The highest BCUT2D eigenvalue weighted by Gasteiger charge is 2.16. The molecule has 7 nitrogen and oxygen atoms in total. The average Bonchev–Trinajstić information content (AvgIpc) is 3.08. The van der Waals surface area contributed by atoms with Crippen molar-refractivity contribution in [1.82, 2.24) is 10.2 Å². The molecule has 0 aliphatic carbocycles. The third-order valence-corrected chi connectivity index (χ3v) is 4.66. The van der Waals surface area contributed by atoms with Crippen LogP contribution in [0.25, 0.3) is 11.5 Å². The molecule has 128 valence electrons. The third kappa shape index (κ3) is 4.18. The summed E-state index contributed by atoms with van der Waals surface area (Å²) < 4.78 is 11.5. The number of nitrogens with zero attached hydrogens (tertiary/aromatic N) is 3. The first kappa shape index (κ1) is 17.4. The van der Waals surface area contributed by atoms with Crippen LogP contribution >= 0.6 is 27.7 Å². The van der Waals surface area contributed by atoms with E-state index in [4.69, 9.17) is 9.15 Å². The minimum atomic E-state index is -0.467. The standard InChI is InChI=1S/C16H12BrN3O4S/c1-23-14-6-5-10(7-13(14)20(21)22)9-25-16-19-18-15(24-16)11-3-2-4-12(17)8-11/h2-8H,9H2,1H3. The van der Waals surface area contributed by atoms with Gasteiger partial charge >= 0.3 is 5.69 Å². The molecule has 9 heteroatoms. The monoisotopic (exact) mass is 421 g/mol. The van der Waals surface area contributed by atoms with Crippen molar-refractivity contribution in [1.29, 1.82) is 0 Å². The third-order valence-electron chi connectivity index (χ3n) is 3.28. The zero-order valence-corrected chi connectivity index (χ0v) is 15.4. The van der Waals surface area contributed by atoms with E-state index >= 15 is 0 Å². The van der Waals surface area contributed by atoms with Crippen molar-refractivity contribution in [2.24, 2.45) is 0 Å². The van der Waals surface area contributed by atoms with E-state index in [0.717, 1.165) is 15.6 Å². The number of nitro groups is 1. The fraction of sp³-hybridized carbons (Fsp3) is 0.125. The first-order valence-electron chi connectivity index (χ1n) is 7.10. The van der Waals surface area contributed by atoms with Crippen LogP contribution in [0.4, 0.5) is 5.69 Å². The number of thioether (sulfide) groups is 1. The lowest BCUT2D eigenvalue weighted by molar-refractivity contribution is -0.385. The first-order chi connectivity index (χ1) is 12.1. The molecule has 25 heavy (non-hydrogen) atoms. The fourth-order valence-electron chi connectivity index (χ4n) is 2.12. The van der Waals surface area contributed by atoms with Crippen molar-refractivity contribution in [2.45, 2.75) is 11.0 Å². The maximum atomic E-state index is 11.1. The van der Waals surface area contributed by atoms with Crippen molar-refractivity contribution in [2.75, 3.05) is 7.11 Å². The van der Waals surface area contributed by atoms with E-state index in [0.29, 0.717) is 16.9 Å². The minimum Gasteiger partial charge on any atom is -0.490 e. The number of nitro benzene ring substituents is 1. The van der Waals surface area contributed by atoms with Crippen molar-refractivity contribution in [3.63, 3.8) is 0 Å². The molecule has 0 fully saturated rings. The van der Waals surface area contributed by atoms with Gasteiger partial charge in [-0.1, -0.05) is 39.8 Å². The molecule has 2 aromatic carbocycles. The van der Waals surface area contributed by atoms with Gasteiger partial charge in [-0.05, 0) is 29.8 Å². The van der Waals surface area contributed by atoms with Crippen LogP contribution in [0.1, 0.15) is 5.56 Å². The Kier molecular flexibility index (Phi) is 5.34. The normalized spacial score (nSPS) is 10.6. The summed E-state index contributed by atoms with van der Waals surface area (Å²) in [5.41, 5.74) is 1.51. The number of ether oxygens (including phenoxy) is 1. The zero-order valence-electron chi connectivity index (χ0n) is 13.0. The molecule has 0 amide bonds. The summed E-state index contributed by atoms with van der Waals surface area (Å²) in [5, 5.41) is 19.5. The summed E-state index contributed by atoms with van der Waals surface area (Å²) in [6.45, 7) is 0. The summed E-state index contributed by atoms with van der Waals surface area (Å²) in [6, 6.07) is 12.4. The van der Waals surface area contributed by atoms with Crippen LogP contribution in [0.15, 0.2) is 56.6 Å². The molecule has 0 saturated carbocycles. The van der Waals surface area contributed by atoms with Gasteiger partial charge in [0.15, 0.2) is 5.75 Å². The summed E-state index contributed by atoms with van der Waals surface area (Å²) in [4.78, 5) is 10.6. The van der Waals surface area contributed by atoms with Crippen molar-refractivity contribution >= 4 is 33.4 Å². The number of rotatable bonds is 6. The Morgan fingerprint density at radius 3 is 2.84 bits per heavy atom. The lowest BCUT2D eigenvalue weighted by atomic mass is 10.2. The predicted molar refractivity (Wildman–Crippen MR) is 96.6 cm³/mol. The lowest BCUT2D eigenvalue weighted by Crippen LogP contribution is -1.95. The highest BCUT2D eigenvalue weighted by atomic mass is 79.9. The van der Waals surface area contributed by atoms with Crippen LogP contribution in [0.5, 0.6) is 5.75 Å². The Labute approximate surface area is 155 Å². The Hall–Kier alpha value is -2.39. The van der Waals surface area contributed by atoms with E-state index in [1.807, 2.05) is 24.3 Å². The summed E-state index contributed by atoms with van der Waals surface area (Å²) in [7, 11) is 1.40. The molecule has 3 aromatic rings. The van der Waals surface area contributed by atoms with E-state index < -0.39 is 4.92 Å². The maximum Gasteiger partial charge on any atom is 0.311 e. The Morgan fingerprint density at radius 1 is 1.28 bits per heavy atom. The molecule has 0 saturated heterocycles. The number of hydrogen-bond acceptors (Lipinski definition) is 7. The average molecular weight is 422 g/mol. The highest BCUT2D eigenvalue weighted by molar-refractivity contribution is 9.10. The second-order valence-electron chi connectivity index (χ2n) is 4.94. The SMILES string of the molecule is COc1ccc(CSc2nnc(-c3cccc(Br)c3)o2)cc1[N+](=O)[O-]. The summed E-state index contributed by atoms with van der Waals surface area (Å²) in [5.74, 6) is 1.11. The zero-order chi connectivity index (χ0) is 17.8. The van der Waals surface area contributed by atoms with Gasteiger partial charge in [0.25, 0.3) is 5.22 Å². The molecule has 0 bridgehead atoms. The molecular formula is C16H12BrN3O4S. The largest absolute Gasteiger partial charge is 0.490 e. The molecule has 1 aromatic heterocycles. The molecule has 0 spiro atoms. The Morgan fingerprint density at radius 2 is 2.12 bits per heavy atom. The molecule has 0 aliphatic rings. The number of benzene rings is 2. The molecule has 0 radical (unpaired) electrons. The van der Waals surface area contributed by atoms with Crippen LogP contribution in [0.2, 0.25) is 0 Å². The molecule has 0 unspecified atom stereocenters. The van der Waals surface area contributed by atoms with E-state index in [9.17, 15) is 10.1 Å². The quantitative estimate of drug-likeness (QED) is 0.323. The molecule has 0 aliphatic heterocycles. The van der Waals surface area contributed by atoms with Crippen LogP contribution in [-0.2, 0) is 5.75 Å². The van der Waals surface area contributed by atoms with E-state index in [1.165, 1.54) is 24.9 Å². The van der Waals surface area contributed by atoms with Gasteiger partial charge in [-0.3, -0.25) is 10.1 Å². The van der Waals surface area contributed by atoms with Gasteiger partial charge in [0.05, 0.1) is 12.0 Å². The fourth-order valence-corrected chi connectivity index (χ4v) is 3.22. The van der Waals surface area contributed by atoms with Crippen molar-refractivity contribution < 1.29 is 14.1 Å². The maximum absolute atomic E-state index is 11.1.